The zero-order valence-electron chi connectivity index (χ0n) is 24.1. The van der Waals surface area contributed by atoms with Gasteiger partial charge in [-0.3, -0.25) is 29.3 Å². The maximum absolute atomic E-state index is 14.7. The Hall–Kier alpha value is -4.84. The van der Waals surface area contributed by atoms with E-state index in [1.807, 2.05) is 29.2 Å². The molecule has 6 rings (SSSR count). The Labute approximate surface area is 251 Å². The van der Waals surface area contributed by atoms with E-state index >= 15 is 0 Å². The van der Waals surface area contributed by atoms with Crippen LogP contribution in [0.15, 0.2) is 85.2 Å². The number of carbonyl (C=O) groups is 3. The third-order valence-electron chi connectivity index (χ3n) is 9.02. The van der Waals surface area contributed by atoms with E-state index in [2.05, 4.69) is 21.4 Å². The molecular formula is C34H34N6O3. The molecule has 3 aromatic rings. The molecule has 3 fully saturated rings. The van der Waals surface area contributed by atoms with Gasteiger partial charge in [-0.1, -0.05) is 0 Å². The predicted molar refractivity (Wildman–Crippen MR) is 159 cm³/mol. The maximum Gasteiger partial charge on any atom is 0.254 e. The lowest BCUT2D eigenvalue weighted by atomic mass is 9.84. The molecule has 9 nitrogen and oxygen atoms in total. The highest BCUT2D eigenvalue weighted by Gasteiger charge is 2.51. The van der Waals surface area contributed by atoms with E-state index in [1.165, 1.54) is 6.08 Å². The molecule has 0 aliphatic carbocycles. The molecule has 2 atom stereocenters. The molecule has 9 heteroatoms. The smallest absolute Gasteiger partial charge is 0.254 e. The number of hydrogen-bond donors (Lipinski definition) is 1. The summed E-state index contributed by atoms with van der Waals surface area (Å²) >= 11 is 0. The van der Waals surface area contributed by atoms with Gasteiger partial charge in [0.25, 0.3) is 5.91 Å². The number of aromatic nitrogens is 2. The van der Waals surface area contributed by atoms with Crippen LogP contribution in [-0.2, 0) is 22.4 Å². The standard InChI is InChI=1S/C34H34N6O3/c1-23(41)40-29-6-7-30(40)17-27(16-29)22-39-32(18-31(42)28-4-2-26(21-35)3-5-28)38-34(33(39)43,19-24-8-12-36-13-9-24)20-25-10-14-37-15-11-25/h2-5,8-15,18,27,29-30,38H,6-7,16-17,19-20,22H2,1H3. The number of nitrogens with zero attached hydrogens (tertiary/aromatic N) is 5. The van der Waals surface area contributed by atoms with Gasteiger partial charge in [-0.15, -0.1) is 0 Å². The predicted octanol–water partition coefficient (Wildman–Crippen LogP) is 3.82. The fraction of sp³-hybridized carbons (Fsp3) is 0.353. The van der Waals surface area contributed by atoms with Crippen LogP contribution < -0.4 is 5.32 Å². The summed E-state index contributed by atoms with van der Waals surface area (Å²) in [6.45, 7) is 2.10. The number of nitriles is 1. The van der Waals surface area contributed by atoms with Gasteiger partial charge >= 0.3 is 0 Å². The third kappa shape index (κ3) is 5.78. The number of carbonyl (C=O) groups excluding carboxylic acids is 3. The van der Waals surface area contributed by atoms with Crippen LogP contribution in [0.3, 0.4) is 0 Å². The summed E-state index contributed by atoms with van der Waals surface area (Å²) in [6, 6.07) is 16.6. The topological polar surface area (TPSA) is 119 Å². The van der Waals surface area contributed by atoms with Gasteiger partial charge in [0, 0.05) is 74.8 Å². The molecule has 0 spiro atoms. The highest BCUT2D eigenvalue weighted by molar-refractivity contribution is 6.06. The van der Waals surface area contributed by atoms with E-state index in [4.69, 9.17) is 0 Å². The Balaban J connectivity index is 1.36. The Morgan fingerprint density at radius 2 is 1.51 bits per heavy atom. The molecule has 5 heterocycles. The van der Waals surface area contributed by atoms with Crippen LogP contribution in [0.2, 0.25) is 0 Å². The summed E-state index contributed by atoms with van der Waals surface area (Å²) in [6.07, 6.45) is 12.8. The lowest BCUT2D eigenvalue weighted by molar-refractivity contribution is -0.136. The average molecular weight is 575 g/mol. The molecule has 2 aromatic heterocycles. The number of nitrogens with one attached hydrogen (secondary N) is 1. The quantitative estimate of drug-likeness (QED) is 0.321. The number of pyridine rings is 2. The summed E-state index contributed by atoms with van der Waals surface area (Å²) in [5.74, 6) is 0.460. The van der Waals surface area contributed by atoms with Crippen LogP contribution >= 0.6 is 0 Å². The zero-order valence-corrected chi connectivity index (χ0v) is 24.1. The van der Waals surface area contributed by atoms with E-state index in [1.54, 1.807) is 60.9 Å². The number of fused-ring (bicyclic) bond motifs is 2. The highest BCUT2D eigenvalue weighted by atomic mass is 16.2. The van der Waals surface area contributed by atoms with Crippen molar-refractivity contribution in [1.82, 2.24) is 25.1 Å². The van der Waals surface area contributed by atoms with E-state index in [-0.39, 0.29) is 35.6 Å². The number of benzene rings is 1. The van der Waals surface area contributed by atoms with Crippen molar-refractivity contribution in [2.24, 2.45) is 5.92 Å². The summed E-state index contributed by atoms with van der Waals surface area (Å²) < 4.78 is 0. The van der Waals surface area contributed by atoms with Gasteiger partial charge in [0.15, 0.2) is 5.78 Å². The van der Waals surface area contributed by atoms with Gasteiger partial charge < -0.3 is 10.2 Å². The van der Waals surface area contributed by atoms with Crippen LogP contribution in [0.5, 0.6) is 0 Å². The molecule has 3 aliphatic rings. The minimum atomic E-state index is -1.03. The second-order valence-electron chi connectivity index (χ2n) is 11.9. The molecule has 3 saturated heterocycles. The largest absolute Gasteiger partial charge is 0.357 e. The van der Waals surface area contributed by atoms with Gasteiger partial charge in [0.1, 0.15) is 11.4 Å². The van der Waals surface area contributed by atoms with E-state index in [0.717, 1.165) is 36.8 Å². The number of allylic oxidation sites excluding steroid dienone is 1. The minimum absolute atomic E-state index is 0.0821. The van der Waals surface area contributed by atoms with Gasteiger partial charge in [0.05, 0.1) is 11.6 Å². The second kappa shape index (κ2) is 11.8. The van der Waals surface area contributed by atoms with Crippen LogP contribution in [0.1, 0.15) is 59.7 Å². The number of hydrogen-bond acceptors (Lipinski definition) is 7. The SMILES string of the molecule is CC(=O)N1C2CCC1CC(CN1C(=O)C(Cc3ccncc3)(Cc3ccncc3)NC1=CC(=O)c1ccc(C#N)cc1)C2. The number of piperidine rings is 1. The molecular weight excluding hydrogens is 540 g/mol. The van der Waals surface area contributed by atoms with Gasteiger partial charge in [-0.05, 0) is 91.3 Å². The van der Waals surface area contributed by atoms with Gasteiger partial charge in [0.2, 0.25) is 5.91 Å². The molecule has 218 valence electrons. The number of amides is 2. The normalized spacial score (nSPS) is 23.2. The molecule has 43 heavy (non-hydrogen) atoms. The number of rotatable bonds is 8. The first-order valence-corrected chi connectivity index (χ1v) is 14.8. The molecule has 2 unspecified atom stereocenters. The molecule has 2 amide bonds. The van der Waals surface area contributed by atoms with Crippen molar-refractivity contribution in [2.45, 2.75) is 63.1 Å². The van der Waals surface area contributed by atoms with Crippen molar-refractivity contribution in [3.05, 3.63) is 107 Å². The van der Waals surface area contributed by atoms with Crippen LogP contribution in [-0.4, -0.2) is 61.5 Å². The molecule has 1 aromatic carbocycles. The second-order valence-corrected chi connectivity index (χ2v) is 11.9. The zero-order chi connectivity index (χ0) is 30.0. The summed E-state index contributed by atoms with van der Waals surface area (Å²) in [5, 5.41) is 12.7. The lowest BCUT2D eigenvalue weighted by Crippen LogP contribution is -2.51. The summed E-state index contributed by atoms with van der Waals surface area (Å²) in [7, 11) is 0. The molecule has 2 bridgehead atoms. The van der Waals surface area contributed by atoms with Gasteiger partial charge in [-0.25, -0.2) is 0 Å². The van der Waals surface area contributed by atoms with E-state index in [9.17, 15) is 19.6 Å². The van der Waals surface area contributed by atoms with Crippen molar-refractivity contribution in [1.29, 1.82) is 5.26 Å². The van der Waals surface area contributed by atoms with Crippen LogP contribution in [0.4, 0.5) is 0 Å². The highest BCUT2D eigenvalue weighted by Crippen LogP contribution is 2.40. The Morgan fingerprint density at radius 1 is 0.953 bits per heavy atom. The first kappa shape index (κ1) is 28.3. The monoisotopic (exact) mass is 574 g/mol. The third-order valence-corrected chi connectivity index (χ3v) is 9.02. The van der Waals surface area contributed by atoms with Crippen molar-refractivity contribution in [3.8, 4) is 6.07 Å². The Morgan fingerprint density at radius 3 is 2.02 bits per heavy atom. The van der Waals surface area contributed by atoms with Crippen molar-refractivity contribution >= 4 is 17.6 Å². The van der Waals surface area contributed by atoms with Crippen molar-refractivity contribution in [3.63, 3.8) is 0 Å². The summed E-state index contributed by atoms with van der Waals surface area (Å²) in [4.78, 5) is 52.6. The Bertz CT molecular complexity index is 1530. The fourth-order valence-corrected chi connectivity index (χ4v) is 7.16. The van der Waals surface area contributed by atoms with Crippen LogP contribution in [0, 0.1) is 17.2 Å². The maximum atomic E-state index is 14.7. The fourth-order valence-electron chi connectivity index (χ4n) is 7.16. The molecule has 0 saturated carbocycles. The Kier molecular flexibility index (Phi) is 7.76. The van der Waals surface area contributed by atoms with Gasteiger partial charge in [-0.2, -0.15) is 5.26 Å². The van der Waals surface area contributed by atoms with E-state index in [0.29, 0.717) is 36.3 Å². The van der Waals surface area contributed by atoms with Crippen LogP contribution in [0.25, 0.3) is 0 Å². The first-order valence-electron chi connectivity index (χ1n) is 14.8. The minimum Gasteiger partial charge on any atom is -0.357 e. The average Bonchev–Trinajstić information content (AvgIpc) is 3.43. The molecule has 0 radical (unpaired) electrons. The lowest BCUT2D eigenvalue weighted by Gasteiger charge is -2.39. The molecule has 3 aliphatic heterocycles. The number of ketones is 1. The van der Waals surface area contributed by atoms with E-state index < -0.39 is 5.54 Å². The first-order chi connectivity index (χ1) is 20.8. The van der Waals surface area contributed by atoms with Crippen molar-refractivity contribution in [2.75, 3.05) is 6.54 Å². The summed E-state index contributed by atoms with van der Waals surface area (Å²) in [5.41, 5.74) is 1.79. The molecule has 1 N–H and O–H groups in total. The van der Waals surface area contributed by atoms with Crippen molar-refractivity contribution < 1.29 is 14.4 Å².